The van der Waals surface area contributed by atoms with Crippen molar-refractivity contribution in [1.82, 2.24) is 0 Å². The molecule has 0 aliphatic heterocycles. The lowest BCUT2D eigenvalue weighted by Crippen LogP contribution is -2.10. The van der Waals surface area contributed by atoms with Crippen molar-refractivity contribution in [2.45, 2.75) is 40.5 Å². The van der Waals surface area contributed by atoms with Crippen LogP contribution in [-0.4, -0.2) is 29.3 Å². The van der Waals surface area contributed by atoms with E-state index in [0.717, 1.165) is 27.5 Å². The Balaban J connectivity index is -0.000000202. The van der Waals surface area contributed by atoms with Crippen molar-refractivity contribution in [1.29, 1.82) is 0 Å². The van der Waals surface area contributed by atoms with Crippen molar-refractivity contribution in [3.63, 3.8) is 0 Å². The molecule has 0 bridgehead atoms. The van der Waals surface area contributed by atoms with Crippen LogP contribution in [0.1, 0.15) is 37.8 Å². The number of amides is 1. The highest BCUT2D eigenvalue weighted by Crippen LogP contribution is 2.61. The summed E-state index contributed by atoms with van der Waals surface area (Å²) < 4.78 is 9.51. The molecule has 4 N–H and O–H groups in total. The van der Waals surface area contributed by atoms with Gasteiger partial charge in [-0.2, -0.15) is 19.2 Å². The Labute approximate surface area is 244 Å². The number of carboxylic acids is 1. The summed E-state index contributed by atoms with van der Waals surface area (Å²) in [5.41, 5.74) is 8.95. The fourth-order valence-electron chi connectivity index (χ4n) is 1.61. The maximum atomic E-state index is 11.1. The minimum atomic E-state index is -3.22. The number of anilines is 2. The first kappa shape index (κ1) is 42.7. The third-order valence-corrected chi connectivity index (χ3v) is 4.29. The lowest BCUT2D eigenvalue weighted by molar-refractivity contribution is -0.193. The molecule has 0 spiro atoms. The van der Waals surface area contributed by atoms with E-state index in [0.29, 0.717) is 11.4 Å². The van der Waals surface area contributed by atoms with E-state index in [2.05, 4.69) is 39.0 Å². The molecule has 2 rings (SSSR count). The highest BCUT2D eigenvalue weighted by atomic mass is 36.0. The molecule has 2 aromatic carbocycles. The van der Waals surface area contributed by atoms with Crippen molar-refractivity contribution >= 4 is 97.7 Å². The molecule has 0 aliphatic rings. The second kappa shape index (κ2) is 26.2. The molecule has 0 aromatic heterocycles. The third-order valence-electron chi connectivity index (χ3n) is 3.47. The highest BCUT2D eigenvalue weighted by Gasteiger charge is 2.04. The summed E-state index contributed by atoms with van der Waals surface area (Å²) in [6.45, 7) is 7.20. The molecule has 0 aliphatic carbocycles. The molecular weight excluding hydrogens is 628 g/mol. The van der Waals surface area contributed by atoms with Crippen LogP contribution in [0.5, 0.6) is 0 Å². The summed E-state index contributed by atoms with van der Waals surface area (Å²) in [5.74, 6) is -0.740. The van der Waals surface area contributed by atoms with Gasteiger partial charge in [-0.1, -0.05) is 49.2 Å². The Bertz CT molecular complexity index is 1060. The van der Waals surface area contributed by atoms with Gasteiger partial charge in [-0.25, -0.2) is 0 Å². The van der Waals surface area contributed by atoms with E-state index in [1.54, 1.807) is 13.0 Å². The number of carbonyl (C=O) groups excluding carboxylic acids is 5. The number of nitrogen functional groups attached to an aromatic ring is 1. The molecule has 10 nitrogen and oxygen atoms in total. The van der Waals surface area contributed by atoms with Crippen LogP contribution in [0, 0.1) is 13.8 Å². The van der Waals surface area contributed by atoms with Gasteiger partial charge < -0.3 is 16.2 Å². The number of halogens is 5. The quantitative estimate of drug-likeness (QED) is 0.225. The minimum absolute atomic E-state index is 0.00497. The zero-order valence-electron chi connectivity index (χ0n) is 20.6. The molecular formula is C22H26Cl5N2O8P. The molecule has 2 aromatic rings. The van der Waals surface area contributed by atoms with Gasteiger partial charge in [0.05, 0.1) is 0 Å². The average Bonchev–Trinajstić information content (AvgIpc) is 2.81. The van der Waals surface area contributed by atoms with E-state index in [4.69, 9.17) is 53.2 Å². The predicted molar refractivity (Wildman–Crippen MR) is 149 cm³/mol. The molecule has 0 radical (unpaired) electrons. The number of benzene rings is 2. The number of rotatable bonds is 3. The van der Waals surface area contributed by atoms with Gasteiger partial charge in [0.2, 0.25) is 5.91 Å². The van der Waals surface area contributed by atoms with Crippen molar-refractivity contribution in [2.75, 3.05) is 11.1 Å². The predicted octanol–water partition coefficient (Wildman–Crippen LogP) is 7.35. The number of aliphatic carboxylic acids is 1. The van der Waals surface area contributed by atoms with E-state index < -0.39 is 11.2 Å². The van der Waals surface area contributed by atoms with Crippen LogP contribution in [0.3, 0.4) is 0 Å². The summed E-state index contributed by atoms with van der Waals surface area (Å²) >= 11 is 25.5. The van der Waals surface area contributed by atoms with Crippen molar-refractivity contribution in [3.8, 4) is 0 Å². The average molecular weight is 655 g/mol. The number of hydrogen-bond donors (Lipinski definition) is 3. The Morgan fingerprint density at radius 3 is 1.50 bits per heavy atom. The Morgan fingerprint density at radius 1 is 0.868 bits per heavy atom. The molecule has 38 heavy (non-hydrogen) atoms. The Kier molecular flexibility index (Phi) is 29.5. The van der Waals surface area contributed by atoms with Gasteiger partial charge in [0.25, 0.3) is 0 Å². The maximum Gasteiger partial charge on any atom is 0.373 e. The topological polar surface area (TPSA) is 178 Å². The summed E-state index contributed by atoms with van der Waals surface area (Å²) in [6, 6.07) is 11.0. The van der Waals surface area contributed by atoms with Crippen molar-refractivity contribution in [2.24, 2.45) is 0 Å². The molecule has 212 valence electrons. The van der Waals surface area contributed by atoms with Crippen LogP contribution in [0.25, 0.3) is 0 Å². The lowest BCUT2D eigenvalue weighted by Gasteiger charge is -2.07. The van der Waals surface area contributed by atoms with Gasteiger partial charge in [-0.3, -0.25) is 14.2 Å². The fraction of sp³-hybridized carbons (Fsp3) is 0.273. The van der Waals surface area contributed by atoms with Gasteiger partial charge in [-0.15, -0.1) is 0 Å². The summed E-state index contributed by atoms with van der Waals surface area (Å²) in [4.78, 5) is 53.0. The van der Waals surface area contributed by atoms with E-state index in [1.165, 1.54) is 0 Å². The standard InChI is InChI=1S/C10H12ClNO.C7H8ClN.C3H6O2.2CO2.Cl3OP/c1-3-10(13)12-9-6-4-5-8(11)7(9)2;1-5-6(8)3-2-4-7(5)9;1-2-3(4)5;2*2-1-3;1-5(2,3)4/h4-6H,3H2,1-2H3,(H,12,13);2-4H,9H2,1H3;2H2,1H3,(H,4,5);;;. The Morgan fingerprint density at radius 2 is 1.21 bits per heavy atom. The molecule has 0 saturated heterocycles. The third kappa shape index (κ3) is 31.6. The minimum Gasteiger partial charge on any atom is -0.481 e. The van der Waals surface area contributed by atoms with Gasteiger partial charge in [0, 0.05) is 34.3 Å². The fourth-order valence-corrected chi connectivity index (χ4v) is 1.96. The zero-order chi connectivity index (χ0) is 30.9. The van der Waals surface area contributed by atoms with Gasteiger partial charge >= 0.3 is 23.5 Å². The van der Waals surface area contributed by atoms with E-state index in [9.17, 15) is 14.2 Å². The first-order valence-electron chi connectivity index (χ1n) is 9.91. The number of nitrogens with two attached hydrogens (primary N) is 1. The summed E-state index contributed by atoms with van der Waals surface area (Å²) in [5, 5.41) is 8.68. The molecule has 0 atom stereocenters. The van der Waals surface area contributed by atoms with E-state index >= 15 is 0 Å². The van der Waals surface area contributed by atoms with Crippen LogP contribution in [0.2, 0.25) is 10.0 Å². The van der Waals surface area contributed by atoms with Crippen molar-refractivity contribution < 1.29 is 38.4 Å². The lowest BCUT2D eigenvalue weighted by atomic mass is 10.2. The highest BCUT2D eigenvalue weighted by molar-refractivity contribution is 8.24. The summed E-state index contributed by atoms with van der Waals surface area (Å²) in [6.07, 6.45) is 1.20. The molecule has 0 saturated carbocycles. The normalized spacial score (nSPS) is 8.55. The SMILES string of the molecule is CCC(=O)Nc1cccc(Cl)c1C.CCC(=O)O.Cc1c(N)cccc1Cl.O=C=O.O=C=O.O=P(Cl)(Cl)Cl. The second-order valence-corrected chi connectivity index (χ2v) is 13.5. The number of nitrogens with one attached hydrogen (secondary N) is 1. The molecule has 1 amide bonds. The Hall–Kier alpha value is -2.38. The van der Waals surface area contributed by atoms with Crippen LogP contribution >= 0.6 is 62.1 Å². The first-order valence-corrected chi connectivity index (χ1v) is 15.1. The largest absolute Gasteiger partial charge is 0.481 e. The van der Waals surface area contributed by atoms with Gasteiger partial charge in [-0.05, 0) is 83.0 Å². The number of carboxylic acid groups (broad SMARTS) is 1. The van der Waals surface area contributed by atoms with Crippen molar-refractivity contribution in [3.05, 3.63) is 57.6 Å². The molecule has 0 heterocycles. The second-order valence-electron chi connectivity index (χ2n) is 6.08. The van der Waals surface area contributed by atoms with Crippen LogP contribution in [-0.2, 0) is 33.3 Å². The maximum absolute atomic E-state index is 11.1. The molecule has 16 heteroatoms. The summed E-state index contributed by atoms with van der Waals surface area (Å²) in [7, 11) is 0. The van der Waals surface area contributed by atoms with E-state index in [-0.39, 0.29) is 24.6 Å². The number of carbonyl (C=O) groups is 2. The monoisotopic (exact) mass is 652 g/mol. The van der Waals surface area contributed by atoms with Crippen LogP contribution < -0.4 is 11.1 Å². The smallest absolute Gasteiger partial charge is 0.373 e. The number of hydrogen-bond acceptors (Lipinski definition) is 8. The van der Waals surface area contributed by atoms with E-state index in [1.807, 2.05) is 51.1 Å². The van der Waals surface area contributed by atoms with Gasteiger partial charge in [0.1, 0.15) is 0 Å². The van der Waals surface area contributed by atoms with Gasteiger partial charge in [0.15, 0.2) is 0 Å². The first-order chi connectivity index (χ1) is 17.5. The zero-order valence-corrected chi connectivity index (χ0v) is 25.3. The molecule has 0 unspecified atom stereocenters. The molecule has 0 fully saturated rings. The van der Waals surface area contributed by atoms with Crippen LogP contribution in [0.15, 0.2) is 36.4 Å². The van der Waals surface area contributed by atoms with Crippen LogP contribution in [0.4, 0.5) is 11.4 Å².